The Morgan fingerprint density at radius 2 is 1.78 bits per heavy atom. The number of Topliss-reactive ketones (excluding diaryl/α,β-unsaturated/α-hetero) is 1. The van der Waals surface area contributed by atoms with Gasteiger partial charge in [0.25, 0.3) is 0 Å². The van der Waals surface area contributed by atoms with Crippen LogP contribution in [0.4, 0.5) is 0 Å². The van der Waals surface area contributed by atoms with Crippen molar-refractivity contribution in [1.29, 1.82) is 0 Å². The fourth-order valence-corrected chi connectivity index (χ4v) is 2.20. The molecule has 0 heterocycles. The standard InChI is InChI=1S/C15H22O2.Na.H/c1-11(10-15(2,3)4)9-14(17)12-5-7-13(16)8-6-12;;/h5-8,11,16H,9-10H2,1-4H3;;/q;+1;-1. The smallest absolute Gasteiger partial charge is 1.00 e. The van der Waals surface area contributed by atoms with Crippen LogP contribution < -0.4 is 29.6 Å². The molecule has 0 aliphatic rings. The maximum atomic E-state index is 12.0. The zero-order chi connectivity index (χ0) is 13.1. The van der Waals surface area contributed by atoms with E-state index in [0.717, 1.165) is 6.42 Å². The zero-order valence-corrected chi connectivity index (χ0v) is 14.2. The second-order valence-electron chi connectivity index (χ2n) is 6.04. The van der Waals surface area contributed by atoms with Crippen molar-refractivity contribution in [3.8, 4) is 5.75 Å². The molecule has 0 saturated carbocycles. The summed E-state index contributed by atoms with van der Waals surface area (Å²) in [6.07, 6.45) is 1.61. The van der Waals surface area contributed by atoms with E-state index in [1.54, 1.807) is 24.3 Å². The second kappa shape index (κ2) is 7.32. The quantitative estimate of drug-likeness (QED) is 0.650. The number of hydrogen-bond acceptors (Lipinski definition) is 2. The maximum absolute atomic E-state index is 12.0. The van der Waals surface area contributed by atoms with Crippen molar-refractivity contribution >= 4 is 5.78 Å². The molecule has 1 rings (SSSR count). The summed E-state index contributed by atoms with van der Waals surface area (Å²) in [5.74, 6) is 0.738. The Bertz CT molecular complexity index is 382. The Hall–Kier alpha value is -0.310. The third-order valence-electron chi connectivity index (χ3n) is 2.68. The zero-order valence-electron chi connectivity index (χ0n) is 13.2. The molecular formula is C15H23NaO2. The molecule has 1 atom stereocenters. The molecular weight excluding hydrogens is 235 g/mol. The van der Waals surface area contributed by atoms with Crippen molar-refractivity contribution in [2.45, 2.75) is 40.5 Å². The summed E-state index contributed by atoms with van der Waals surface area (Å²) >= 11 is 0. The SMILES string of the molecule is CC(CC(=O)c1ccc(O)cc1)CC(C)(C)C.[H-].[Na+]. The van der Waals surface area contributed by atoms with Crippen molar-refractivity contribution in [3.05, 3.63) is 29.8 Å². The summed E-state index contributed by atoms with van der Waals surface area (Å²) in [6.45, 7) is 8.68. The number of carbonyl (C=O) groups excluding carboxylic acids is 1. The predicted molar refractivity (Wildman–Crippen MR) is 71.4 cm³/mol. The van der Waals surface area contributed by atoms with E-state index in [2.05, 4.69) is 27.7 Å². The van der Waals surface area contributed by atoms with Gasteiger partial charge in [-0.25, -0.2) is 0 Å². The molecule has 0 aliphatic carbocycles. The Morgan fingerprint density at radius 3 is 2.22 bits per heavy atom. The van der Waals surface area contributed by atoms with Crippen molar-refractivity contribution in [1.82, 2.24) is 0 Å². The summed E-state index contributed by atoms with van der Waals surface area (Å²) in [4.78, 5) is 12.0. The average molecular weight is 258 g/mol. The van der Waals surface area contributed by atoms with Crippen molar-refractivity contribution in [2.75, 3.05) is 0 Å². The predicted octanol–water partition coefficient (Wildman–Crippen LogP) is 1.15. The summed E-state index contributed by atoms with van der Waals surface area (Å²) in [5.41, 5.74) is 0.942. The number of hydrogen-bond donors (Lipinski definition) is 1. The van der Waals surface area contributed by atoms with E-state index in [-0.39, 0.29) is 47.9 Å². The van der Waals surface area contributed by atoms with E-state index in [1.807, 2.05) is 0 Å². The largest absolute Gasteiger partial charge is 1.00 e. The van der Waals surface area contributed by atoms with Gasteiger partial charge in [0.15, 0.2) is 5.78 Å². The number of benzene rings is 1. The number of carbonyl (C=O) groups is 1. The number of ketones is 1. The molecule has 3 heteroatoms. The van der Waals surface area contributed by atoms with Crippen LogP contribution in [-0.4, -0.2) is 10.9 Å². The molecule has 2 nitrogen and oxygen atoms in total. The first-order chi connectivity index (χ1) is 7.78. The van der Waals surface area contributed by atoms with Gasteiger partial charge in [0, 0.05) is 12.0 Å². The van der Waals surface area contributed by atoms with E-state index in [0.29, 0.717) is 17.9 Å². The molecule has 1 aromatic rings. The fraction of sp³-hybridized carbons (Fsp3) is 0.533. The van der Waals surface area contributed by atoms with E-state index in [9.17, 15) is 4.79 Å². The fourth-order valence-electron chi connectivity index (χ4n) is 2.20. The monoisotopic (exact) mass is 258 g/mol. The average Bonchev–Trinajstić information content (AvgIpc) is 2.15. The van der Waals surface area contributed by atoms with Crippen molar-refractivity contribution in [2.24, 2.45) is 11.3 Å². The topological polar surface area (TPSA) is 37.3 Å². The Kier molecular flexibility index (Phi) is 7.19. The summed E-state index contributed by atoms with van der Waals surface area (Å²) in [6, 6.07) is 6.48. The van der Waals surface area contributed by atoms with E-state index in [4.69, 9.17) is 5.11 Å². The molecule has 1 aromatic carbocycles. The van der Waals surface area contributed by atoms with Crippen LogP contribution in [0.15, 0.2) is 24.3 Å². The second-order valence-corrected chi connectivity index (χ2v) is 6.04. The van der Waals surface area contributed by atoms with Gasteiger partial charge in [-0.3, -0.25) is 4.79 Å². The van der Waals surface area contributed by atoms with Crippen LogP contribution in [0.5, 0.6) is 5.75 Å². The van der Waals surface area contributed by atoms with Crippen LogP contribution in [0.1, 0.15) is 52.3 Å². The van der Waals surface area contributed by atoms with Gasteiger partial charge in [-0.1, -0.05) is 27.7 Å². The van der Waals surface area contributed by atoms with Gasteiger partial charge in [0.05, 0.1) is 0 Å². The molecule has 0 spiro atoms. The van der Waals surface area contributed by atoms with Gasteiger partial charge in [0.1, 0.15) is 5.75 Å². The normalized spacial score (nSPS) is 12.7. The Labute approximate surface area is 134 Å². The van der Waals surface area contributed by atoms with Crippen LogP contribution in [0.3, 0.4) is 0 Å². The Morgan fingerprint density at radius 1 is 1.28 bits per heavy atom. The molecule has 0 amide bonds. The number of phenols is 1. The van der Waals surface area contributed by atoms with Gasteiger partial charge in [-0.2, -0.15) is 0 Å². The molecule has 0 saturated heterocycles. The van der Waals surface area contributed by atoms with Crippen molar-refractivity contribution in [3.63, 3.8) is 0 Å². The van der Waals surface area contributed by atoms with Crippen LogP contribution in [0.2, 0.25) is 0 Å². The molecule has 0 aromatic heterocycles. The van der Waals surface area contributed by atoms with Gasteiger partial charge in [0.2, 0.25) is 0 Å². The Balaban J connectivity index is 0. The van der Waals surface area contributed by atoms with E-state index >= 15 is 0 Å². The number of phenolic OH excluding ortho intramolecular Hbond substituents is 1. The van der Waals surface area contributed by atoms with E-state index in [1.165, 1.54) is 0 Å². The molecule has 0 aliphatic heterocycles. The molecule has 18 heavy (non-hydrogen) atoms. The first-order valence-electron chi connectivity index (χ1n) is 6.10. The molecule has 96 valence electrons. The number of aromatic hydroxyl groups is 1. The molecule has 1 N–H and O–H groups in total. The summed E-state index contributed by atoms with van der Waals surface area (Å²) < 4.78 is 0. The molecule has 0 bridgehead atoms. The minimum Gasteiger partial charge on any atom is -1.00 e. The molecule has 0 radical (unpaired) electrons. The first-order valence-corrected chi connectivity index (χ1v) is 6.10. The van der Waals surface area contributed by atoms with E-state index < -0.39 is 0 Å². The van der Waals surface area contributed by atoms with Crippen molar-refractivity contribution < 1.29 is 40.9 Å². The van der Waals surface area contributed by atoms with Crippen LogP contribution in [-0.2, 0) is 0 Å². The van der Waals surface area contributed by atoms with Gasteiger partial charge < -0.3 is 6.53 Å². The first kappa shape index (κ1) is 17.7. The third kappa shape index (κ3) is 6.58. The minimum atomic E-state index is 0. The maximum Gasteiger partial charge on any atom is 1.00 e. The van der Waals surface area contributed by atoms with Crippen LogP contribution in [0, 0.1) is 11.3 Å². The summed E-state index contributed by atoms with van der Waals surface area (Å²) in [5, 5.41) is 9.16. The third-order valence-corrected chi connectivity index (χ3v) is 2.68. The van der Waals surface area contributed by atoms with Gasteiger partial charge >= 0.3 is 29.6 Å². The van der Waals surface area contributed by atoms with Gasteiger partial charge in [-0.15, -0.1) is 0 Å². The van der Waals surface area contributed by atoms with Gasteiger partial charge in [-0.05, 0) is 42.0 Å². The summed E-state index contributed by atoms with van der Waals surface area (Å²) in [7, 11) is 0. The number of rotatable bonds is 4. The molecule has 1 unspecified atom stereocenters. The minimum absolute atomic E-state index is 0. The van der Waals surface area contributed by atoms with Crippen LogP contribution >= 0.6 is 0 Å². The van der Waals surface area contributed by atoms with Crippen LogP contribution in [0.25, 0.3) is 0 Å². The molecule has 0 fully saturated rings.